The molecule has 1 aliphatic rings. The van der Waals surface area contributed by atoms with Crippen LogP contribution in [0.1, 0.15) is 18.1 Å². The van der Waals surface area contributed by atoms with Crippen LogP contribution in [0.3, 0.4) is 0 Å². The summed E-state index contributed by atoms with van der Waals surface area (Å²) < 4.78 is 0. The van der Waals surface area contributed by atoms with Crippen molar-refractivity contribution in [3.05, 3.63) is 34.3 Å². The molecule has 0 aromatic heterocycles. The van der Waals surface area contributed by atoms with E-state index in [4.69, 9.17) is 29.6 Å². The maximum Gasteiger partial charge on any atom is 0.219 e. The second kappa shape index (κ2) is 6.52. The first-order valence-electron chi connectivity index (χ1n) is 6.53. The largest absolute Gasteiger partial charge is 0.389 e. The van der Waals surface area contributed by atoms with Gasteiger partial charge in [0.25, 0.3) is 0 Å². The predicted molar refractivity (Wildman–Crippen MR) is 84.9 cm³/mol. The number of piperazine rings is 1. The number of hydrogen-bond acceptors (Lipinski definition) is 3. The minimum absolute atomic E-state index is 0.142. The van der Waals surface area contributed by atoms with E-state index in [1.165, 1.54) is 0 Å². The summed E-state index contributed by atoms with van der Waals surface area (Å²) in [5, 5.41) is 0.685. The van der Waals surface area contributed by atoms with Crippen LogP contribution in [0.4, 0.5) is 0 Å². The van der Waals surface area contributed by atoms with E-state index >= 15 is 0 Å². The Morgan fingerprint density at radius 3 is 2.50 bits per heavy atom. The van der Waals surface area contributed by atoms with Crippen molar-refractivity contribution in [2.75, 3.05) is 26.2 Å². The number of rotatable bonds is 3. The molecule has 1 fully saturated rings. The molecule has 1 aromatic carbocycles. The first-order chi connectivity index (χ1) is 9.47. The maximum atomic E-state index is 11.3. The average molecular weight is 312 g/mol. The van der Waals surface area contributed by atoms with Gasteiger partial charge in [-0.1, -0.05) is 36.0 Å². The molecule has 108 valence electrons. The number of benzene rings is 1. The number of thiocarbonyl (C=S) groups is 1. The van der Waals surface area contributed by atoms with Crippen LogP contribution in [0.5, 0.6) is 0 Å². The summed E-state index contributed by atoms with van der Waals surface area (Å²) in [6, 6.07) is 5.68. The highest BCUT2D eigenvalue weighted by molar-refractivity contribution is 7.80. The lowest BCUT2D eigenvalue weighted by molar-refractivity contribution is -0.130. The molecule has 0 atom stereocenters. The first-order valence-corrected chi connectivity index (χ1v) is 7.32. The van der Waals surface area contributed by atoms with E-state index in [0.29, 0.717) is 10.0 Å². The van der Waals surface area contributed by atoms with E-state index in [1.54, 1.807) is 6.92 Å². The summed E-state index contributed by atoms with van der Waals surface area (Å²) in [7, 11) is 0. The van der Waals surface area contributed by atoms with Crippen molar-refractivity contribution in [3.8, 4) is 0 Å². The standard InChI is InChI=1S/C14H18ClN3OS/c1-10(19)18-6-4-17(5-7-18)9-12-3-2-11(14(16)20)8-13(12)15/h2-3,8H,4-7,9H2,1H3,(H2,16,20). The number of carbonyl (C=O) groups is 1. The van der Waals surface area contributed by atoms with Crippen molar-refractivity contribution in [2.24, 2.45) is 5.73 Å². The SMILES string of the molecule is CC(=O)N1CCN(Cc2ccc(C(N)=S)cc2Cl)CC1. The van der Waals surface area contributed by atoms with Gasteiger partial charge in [-0.3, -0.25) is 9.69 Å². The molecule has 0 saturated carbocycles. The van der Waals surface area contributed by atoms with Crippen LogP contribution in [0.2, 0.25) is 5.02 Å². The van der Waals surface area contributed by atoms with Crippen LogP contribution < -0.4 is 5.73 Å². The van der Waals surface area contributed by atoms with Crippen LogP contribution >= 0.6 is 23.8 Å². The number of amides is 1. The van der Waals surface area contributed by atoms with Crippen molar-refractivity contribution in [1.82, 2.24) is 9.80 Å². The molecule has 0 radical (unpaired) electrons. The minimum Gasteiger partial charge on any atom is -0.389 e. The van der Waals surface area contributed by atoms with Gasteiger partial charge < -0.3 is 10.6 Å². The van der Waals surface area contributed by atoms with Gasteiger partial charge in [-0.25, -0.2) is 0 Å². The van der Waals surface area contributed by atoms with E-state index in [-0.39, 0.29) is 5.91 Å². The van der Waals surface area contributed by atoms with Crippen LogP contribution in [0, 0.1) is 0 Å². The first kappa shape index (κ1) is 15.2. The molecule has 1 aromatic rings. The maximum absolute atomic E-state index is 11.3. The lowest BCUT2D eigenvalue weighted by Crippen LogP contribution is -2.47. The number of halogens is 1. The van der Waals surface area contributed by atoms with Gasteiger partial charge in [0.2, 0.25) is 5.91 Å². The normalized spacial score (nSPS) is 16.2. The number of nitrogens with zero attached hydrogens (tertiary/aromatic N) is 2. The zero-order valence-electron chi connectivity index (χ0n) is 11.4. The second-order valence-corrected chi connectivity index (χ2v) is 5.80. The summed E-state index contributed by atoms with van der Waals surface area (Å²) in [6.45, 7) is 5.68. The molecule has 6 heteroatoms. The monoisotopic (exact) mass is 311 g/mol. The Morgan fingerprint density at radius 2 is 2.00 bits per heavy atom. The molecule has 0 spiro atoms. The molecule has 2 rings (SSSR count). The van der Waals surface area contributed by atoms with Crippen LogP contribution in [0.15, 0.2) is 18.2 Å². The van der Waals surface area contributed by atoms with E-state index < -0.39 is 0 Å². The lowest BCUT2D eigenvalue weighted by atomic mass is 10.1. The average Bonchev–Trinajstić information content (AvgIpc) is 2.41. The third kappa shape index (κ3) is 3.69. The molecule has 1 saturated heterocycles. The Kier molecular flexibility index (Phi) is 4.96. The van der Waals surface area contributed by atoms with Crippen LogP contribution in [0.25, 0.3) is 0 Å². The molecule has 20 heavy (non-hydrogen) atoms. The minimum atomic E-state index is 0.142. The number of carbonyl (C=O) groups excluding carboxylic acids is 1. The number of nitrogens with two attached hydrogens (primary N) is 1. The Balaban J connectivity index is 1.98. The fourth-order valence-electron chi connectivity index (χ4n) is 2.29. The Labute approximate surface area is 129 Å². The Bertz CT molecular complexity index is 527. The van der Waals surface area contributed by atoms with E-state index in [9.17, 15) is 4.79 Å². The fraction of sp³-hybridized carbons (Fsp3) is 0.429. The lowest BCUT2D eigenvalue weighted by Gasteiger charge is -2.34. The Hall–Kier alpha value is -1.17. The third-order valence-corrected chi connectivity index (χ3v) is 4.14. The highest BCUT2D eigenvalue weighted by Gasteiger charge is 2.19. The van der Waals surface area contributed by atoms with Gasteiger partial charge >= 0.3 is 0 Å². The molecule has 0 aliphatic carbocycles. The highest BCUT2D eigenvalue weighted by atomic mass is 35.5. The van der Waals surface area contributed by atoms with E-state index in [1.807, 2.05) is 23.1 Å². The van der Waals surface area contributed by atoms with Gasteiger partial charge in [-0.15, -0.1) is 0 Å². The molecule has 0 bridgehead atoms. The fourth-order valence-corrected chi connectivity index (χ4v) is 2.66. The Morgan fingerprint density at radius 1 is 1.35 bits per heavy atom. The van der Waals surface area contributed by atoms with E-state index in [0.717, 1.165) is 43.9 Å². The van der Waals surface area contributed by atoms with Gasteiger partial charge in [0.1, 0.15) is 4.99 Å². The third-order valence-electron chi connectivity index (χ3n) is 3.55. The molecular weight excluding hydrogens is 294 g/mol. The van der Waals surface area contributed by atoms with Crippen molar-refractivity contribution in [1.29, 1.82) is 0 Å². The molecule has 1 aliphatic heterocycles. The summed E-state index contributed by atoms with van der Waals surface area (Å²) >= 11 is 11.2. The van der Waals surface area contributed by atoms with Crippen LogP contribution in [-0.2, 0) is 11.3 Å². The summed E-state index contributed by atoms with van der Waals surface area (Å²) in [5.41, 5.74) is 7.43. The van der Waals surface area contributed by atoms with Gasteiger partial charge in [0.05, 0.1) is 0 Å². The van der Waals surface area contributed by atoms with E-state index in [2.05, 4.69) is 4.90 Å². The molecule has 2 N–H and O–H groups in total. The van der Waals surface area contributed by atoms with Crippen LogP contribution in [-0.4, -0.2) is 46.9 Å². The molecule has 1 heterocycles. The topological polar surface area (TPSA) is 49.6 Å². The van der Waals surface area contributed by atoms with Crippen molar-refractivity contribution < 1.29 is 4.79 Å². The zero-order chi connectivity index (χ0) is 14.7. The summed E-state index contributed by atoms with van der Waals surface area (Å²) in [4.78, 5) is 15.8. The smallest absolute Gasteiger partial charge is 0.219 e. The molecule has 1 amide bonds. The molecule has 4 nitrogen and oxygen atoms in total. The quantitative estimate of drug-likeness (QED) is 0.862. The van der Waals surface area contributed by atoms with Crippen molar-refractivity contribution in [2.45, 2.75) is 13.5 Å². The predicted octanol–water partition coefficient (Wildman–Crippen LogP) is 1.64. The summed E-state index contributed by atoms with van der Waals surface area (Å²) in [5.74, 6) is 0.142. The molecule has 0 unspecified atom stereocenters. The second-order valence-electron chi connectivity index (χ2n) is 4.95. The van der Waals surface area contributed by atoms with Gasteiger partial charge in [0, 0.05) is 50.2 Å². The van der Waals surface area contributed by atoms with Crippen molar-refractivity contribution >= 4 is 34.7 Å². The van der Waals surface area contributed by atoms with Gasteiger partial charge in [-0.05, 0) is 11.6 Å². The molecular formula is C14H18ClN3OS. The highest BCUT2D eigenvalue weighted by Crippen LogP contribution is 2.20. The summed E-state index contributed by atoms with van der Waals surface area (Å²) in [6.07, 6.45) is 0. The zero-order valence-corrected chi connectivity index (χ0v) is 13.0. The van der Waals surface area contributed by atoms with Gasteiger partial charge in [0.15, 0.2) is 0 Å². The van der Waals surface area contributed by atoms with Crippen molar-refractivity contribution in [3.63, 3.8) is 0 Å². The van der Waals surface area contributed by atoms with Gasteiger partial charge in [-0.2, -0.15) is 0 Å². The number of hydrogen-bond donors (Lipinski definition) is 1.